The van der Waals surface area contributed by atoms with E-state index in [1.165, 1.54) is 0 Å². The van der Waals surface area contributed by atoms with Gasteiger partial charge in [0.25, 0.3) is 0 Å². The fraction of sp³-hybridized carbons (Fsp3) is 0. The summed E-state index contributed by atoms with van der Waals surface area (Å²) in [4.78, 5) is 63.6. The molecule has 0 amide bonds. The minimum absolute atomic E-state index is 0. The van der Waals surface area contributed by atoms with Crippen molar-refractivity contribution in [2.75, 3.05) is 0 Å². The largest absolute Gasteiger partial charge is 2.00 e. The zero-order valence-electron chi connectivity index (χ0n) is 5.43. The third-order valence-electron chi connectivity index (χ3n) is 0. The average Bonchev–Trinajstić information content (AvgIpc) is 1.12. The van der Waals surface area contributed by atoms with Crippen LogP contribution in [-0.2, 0) is 36.5 Å². The summed E-state index contributed by atoms with van der Waals surface area (Å²) in [6, 6.07) is 0. The summed E-state index contributed by atoms with van der Waals surface area (Å²) in [6.45, 7) is 0. The van der Waals surface area contributed by atoms with E-state index in [1.54, 1.807) is 0 Å². The van der Waals surface area contributed by atoms with Gasteiger partial charge in [-0.1, -0.05) is 0 Å². The summed E-state index contributed by atoms with van der Waals surface area (Å²) in [7, 11) is -10.2. The Labute approximate surface area is 93.0 Å². The average molecular weight is 317 g/mol. The normalized spacial score (nSPS) is 10.0. The van der Waals surface area contributed by atoms with Crippen LogP contribution in [0.25, 0.3) is 0 Å². The molecular weight excluding hydrogens is 313 g/mol. The first-order chi connectivity index (χ1) is 4.00. The third-order valence-corrected chi connectivity index (χ3v) is 0. The van der Waals surface area contributed by atoms with Crippen molar-refractivity contribution >= 4 is 18.1 Å². The van der Waals surface area contributed by atoms with E-state index in [4.69, 9.17) is 38.4 Å². The molecule has 0 heterocycles. The molecule has 0 aromatic carbocycles. The molecule has 0 aromatic heterocycles. The van der Waals surface area contributed by atoms with Gasteiger partial charge in [0.2, 0.25) is 0 Å². The summed E-state index contributed by atoms with van der Waals surface area (Å²) in [6.07, 6.45) is 0. The number of hydrogen-bond donors (Lipinski definition) is 4. The molecule has 0 atom stereocenters. The van der Waals surface area contributed by atoms with E-state index >= 15 is 0 Å². The van der Waals surface area contributed by atoms with Crippen molar-refractivity contribution in [2.45, 2.75) is 0 Å². The van der Waals surface area contributed by atoms with E-state index in [-0.39, 0.29) is 36.5 Å². The van der Waals surface area contributed by atoms with Crippen LogP contribution in [0.2, 0.25) is 0 Å². The maximum absolute atomic E-state index is 8.58. The summed E-state index contributed by atoms with van der Waals surface area (Å²) in [5.41, 5.74) is 0. The standard InChI is InChI=1S/Cu.H4O4Si.O4Si.Zn/c;2*1-5(2,3)4;/h;1-4H;;/q+2;;-4;+2. The molecule has 12 heteroatoms. The molecule has 0 saturated carbocycles. The third kappa shape index (κ3) is 750. The van der Waals surface area contributed by atoms with Crippen molar-refractivity contribution in [3.05, 3.63) is 0 Å². The Balaban J connectivity index is -0.0000000457. The van der Waals surface area contributed by atoms with Gasteiger partial charge in [-0.3, -0.25) is 0 Å². The van der Waals surface area contributed by atoms with Gasteiger partial charge in [-0.15, -0.1) is 0 Å². The molecule has 12 heavy (non-hydrogen) atoms. The van der Waals surface area contributed by atoms with E-state index in [9.17, 15) is 0 Å². The fourth-order valence-corrected chi connectivity index (χ4v) is 0. The summed E-state index contributed by atoms with van der Waals surface area (Å²) in [5.74, 6) is 0. The smallest absolute Gasteiger partial charge is 0.894 e. The molecule has 0 aliphatic carbocycles. The molecule has 73 valence electrons. The van der Waals surface area contributed by atoms with Crippen LogP contribution in [0.1, 0.15) is 0 Å². The molecule has 8 nitrogen and oxygen atoms in total. The van der Waals surface area contributed by atoms with Gasteiger partial charge >= 0.3 is 45.6 Å². The minimum atomic E-state index is -5.61. The second kappa shape index (κ2) is 8.84. The molecule has 0 bridgehead atoms. The maximum Gasteiger partial charge on any atom is 2.00 e. The monoisotopic (exact) mass is 315 g/mol. The molecule has 0 aliphatic heterocycles. The van der Waals surface area contributed by atoms with Gasteiger partial charge in [0, 0.05) is 0 Å². The Morgan fingerprint density at radius 2 is 0.750 bits per heavy atom. The quantitative estimate of drug-likeness (QED) is 0.319. The number of hydrogen-bond acceptors (Lipinski definition) is 8. The Morgan fingerprint density at radius 1 is 0.750 bits per heavy atom. The van der Waals surface area contributed by atoms with Crippen LogP contribution in [0.3, 0.4) is 0 Å². The fourth-order valence-electron chi connectivity index (χ4n) is 0. The van der Waals surface area contributed by atoms with Crippen molar-refractivity contribution in [1.29, 1.82) is 0 Å². The van der Waals surface area contributed by atoms with Crippen LogP contribution in [0.4, 0.5) is 0 Å². The molecular formula is H4CuO8Si2Zn. The van der Waals surface area contributed by atoms with E-state index in [0.29, 0.717) is 0 Å². The van der Waals surface area contributed by atoms with Gasteiger partial charge in [-0.2, -0.15) is 0 Å². The molecule has 1 radical (unpaired) electrons. The molecule has 0 aromatic rings. The summed E-state index contributed by atoms with van der Waals surface area (Å²) < 4.78 is 0. The molecule has 4 N–H and O–H groups in total. The molecule has 0 saturated heterocycles. The van der Waals surface area contributed by atoms with Crippen molar-refractivity contribution in [1.82, 2.24) is 0 Å². The van der Waals surface area contributed by atoms with Gasteiger partial charge in [0.1, 0.15) is 0 Å². The molecule has 0 unspecified atom stereocenters. The summed E-state index contributed by atoms with van der Waals surface area (Å²) >= 11 is 0. The van der Waals surface area contributed by atoms with Crippen LogP contribution >= 0.6 is 0 Å². The first-order valence-corrected chi connectivity index (χ1v) is 5.13. The Hall–Kier alpha value is 1.26. The van der Waals surface area contributed by atoms with Crippen molar-refractivity contribution in [3.63, 3.8) is 0 Å². The van der Waals surface area contributed by atoms with Crippen LogP contribution in [0, 0.1) is 0 Å². The van der Waals surface area contributed by atoms with Gasteiger partial charge in [0.05, 0.1) is 0 Å². The minimum Gasteiger partial charge on any atom is -0.894 e. The predicted octanol–water partition coefficient (Wildman–Crippen LogP) is -7.75. The van der Waals surface area contributed by atoms with E-state index in [1.807, 2.05) is 0 Å². The zero-order chi connectivity index (χ0) is 9.00. The maximum atomic E-state index is 8.58. The second-order valence-electron chi connectivity index (χ2n) is 1.10. The SMILES string of the molecule is O[Si](O)(O)O.[Cu+2].[O-][Si]([O-])([O-])[O-].[Zn+2]. The first-order valence-electron chi connectivity index (χ1n) is 1.71. The summed E-state index contributed by atoms with van der Waals surface area (Å²) in [5, 5.41) is 0. The Kier molecular flexibility index (Phi) is 17.1. The van der Waals surface area contributed by atoms with Gasteiger partial charge < -0.3 is 47.4 Å². The van der Waals surface area contributed by atoms with E-state index in [0.717, 1.165) is 0 Å². The molecule has 0 rings (SSSR count). The Bertz CT molecular complexity index is 60.0. The van der Waals surface area contributed by atoms with Gasteiger partial charge in [-0.05, 0) is 0 Å². The zero-order valence-corrected chi connectivity index (χ0v) is 11.3. The topological polar surface area (TPSA) is 173 Å². The Morgan fingerprint density at radius 3 is 0.750 bits per heavy atom. The molecule has 0 spiro atoms. The van der Waals surface area contributed by atoms with Crippen LogP contribution in [0.15, 0.2) is 0 Å². The van der Waals surface area contributed by atoms with Crippen molar-refractivity contribution in [3.8, 4) is 0 Å². The van der Waals surface area contributed by atoms with Crippen molar-refractivity contribution < 1.29 is 74.9 Å². The van der Waals surface area contributed by atoms with Gasteiger partial charge in [-0.25, -0.2) is 0 Å². The van der Waals surface area contributed by atoms with Crippen LogP contribution in [0.5, 0.6) is 0 Å². The van der Waals surface area contributed by atoms with Gasteiger partial charge in [0.15, 0.2) is 0 Å². The van der Waals surface area contributed by atoms with Crippen LogP contribution < -0.4 is 19.2 Å². The van der Waals surface area contributed by atoms with E-state index < -0.39 is 18.1 Å². The van der Waals surface area contributed by atoms with Crippen LogP contribution in [-0.4, -0.2) is 37.3 Å². The first kappa shape index (κ1) is 23.2. The molecule has 0 aliphatic rings. The number of rotatable bonds is 0. The molecule has 0 fully saturated rings. The second-order valence-corrected chi connectivity index (χ2v) is 3.30. The predicted molar refractivity (Wildman–Crippen MR) is 20.4 cm³/mol. The van der Waals surface area contributed by atoms with Crippen molar-refractivity contribution in [2.24, 2.45) is 0 Å². The van der Waals surface area contributed by atoms with E-state index in [2.05, 4.69) is 0 Å².